The van der Waals surface area contributed by atoms with Crippen molar-refractivity contribution >= 4 is 21.4 Å². The average Bonchev–Trinajstić information content (AvgIpc) is 2.85. The van der Waals surface area contributed by atoms with Gasteiger partial charge in [-0.25, -0.2) is 4.79 Å². The summed E-state index contributed by atoms with van der Waals surface area (Å²) in [5, 5.41) is 3.22. The van der Waals surface area contributed by atoms with Crippen molar-refractivity contribution in [3.63, 3.8) is 0 Å². The molecule has 102 valence electrons. The number of H-pyrrole nitrogens is 1. The molecule has 3 aromatic rings. The lowest BCUT2D eigenvalue weighted by molar-refractivity contribution is 0.712. The third kappa shape index (κ3) is 2.20. The first kappa shape index (κ1) is 12.9. The van der Waals surface area contributed by atoms with Gasteiger partial charge in [0.05, 0.1) is 6.54 Å². The highest BCUT2D eigenvalue weighted by molar-refractivity contribution is 7.17. The molecule has 0 aliphatic carbocycles. The van der Waals surface area contributed by atoms with Gasteiger partial charge in [0.1, 0.15) is 0 Å². The molecule has 0 fully saturated rings. The van der Waals surface area contributed by atoms with Gasteiger partial charge in [-0.1, -0.05) is 25.1 Å². The summed E-state index contributed by atoms with van der Waals surface area (Å²) in [6.45, 7) is 2.38. The summed E-state index contributed by atoms with van der Waals surface area (Å²) in [4.78, 5) is 25.8. The minimum atomic E-state index is -0.359. The third-order valence-corrected chi connectivity index (χ3v) is 4.38. The van der Waals surface area contributed by atoms with Crippen LogP contribution in [0.5, 0.6) is 0 Å². The standard InChI is InChI=1S/C15H14N2O2S/c1-2-10-7-17(15(19)16-14(10)18)8-11-9-20-13-6-4-3-5-12(11)13/h3-7,9H,2,8H2,1H3,(H,16,18,19). The molecule has 0 amide bonds. The molecule has 2 heterocycles. The van der Waals surface area contributed by atoms with Crippen LogP contribution in [0.15, 0.2) is 45.4 Å². The van der Waals surface area contributed by atoms with E-state index in [0.29, 0.717) is 18.5 Å². The van der Waals surface area contributed by atoms with Crippen LogP contribution in [0.2, 0.25) is 0 Å². The van der Waals surface area contributed by atoms with Crippen molar-refractivity contribution in [2.45, 2.75) is 19.9 Å². The van der Waals surface area contributed by atoms with Gasteiger partial charge < -0.3 is 0 Å². The number of hydrogen-bond donors (Lipinski definition) is 1. The molecule has 0 saturated heterocycles. The van der Waals surface area contributed by atoms with Gasteiger partial charge in [0, 0.05) is 16.5 Å². The Morgan fingerprint density at radius 1 is 1.20 bits per heavy atom. The summed E-state index contributed by atoms with van der Waals surface area (Å²) in [6, 6.07) is 8.12. The van der Waals surface area contributed by atoms with Crippen LogP contribution in [-0.2, 0) is 13.0 Å². The van der Waals surface area contributed by atoms with Crippen molar-refractivity contribution in [1.82, 2.24) is 9.55 Å². The molecule has 0 aliphatic heterocycles. The molecular formula is C15H14N2O2S. The second-order valence-electron chi connectivity index (χ2n) is 4.65. The van der Waals surface area contributed by atoms with E-state index in [2.05, 4.69) is 22.5 Å². The Labute approximate surface area is 119 Å². The quantitative estimate of drug-likeness (QED) is 0.803. The number of rotatable bonds is 3. The average molecular weight is 286 g/mol. The number of hydrogen-bond acceptors (Lipinski definition) is 3. The molecule has 0 spiro atoms. The fourth-order valence-electron chi connectivity index (χ4n) is 2.26. The van der Waals surface area contributed by atoms with Crippen LogP contribution in [0.1, 0.15) is 18.1 Å². The van der Waals surface area contributed by atoms with E-state index in [9.17, 15) is 9.59 Å². The molecule has 0 aliphatic rings. The van der Waals surface area contributed by atoms with Gasteiger partial charge in [-0.15, -0.1) is 11.3 Å². The molecule has 2 aromatic heterocycles. The molecule has 20 heavy (non-hydrogen) atoms. The molecule has 5 heteroatoms. The number of aromatic nitrogens is 2. The van der Waals surface area contributed by atoms with E-state index in [1.54, 1.807) is 22.1 Å². The minimum absolute atomic E-state index is 0.288. The Kier molecular flexibility index (Phi) is 3.28. The highest BCUT2D eigenvalue weighted by Crippen LogP contribution is 2.25. The van der Waals surface area contributed by atoms with Crippen LogP contribution < -0.4 is 11.2 Å². The summed E-state index contributed by atoms with van der Waals surface area (Å²) in [6.07, 6.45) is 2.27. The number of nitrogens with zero attached hydrogens (tertiary/aromatic N) is 1. The number of fused-ring (bicyclic) bond motifs is 1. The molecule has 0 unspecified atom stereocenters. The van der Waals surface area contributed by atoms with Gasteiger partial charge in [0.2, 0.25) is 0 Å². The van der Waals surface area contributed by atoms with Crippen molar-refractivity contribution in [2.24, 2.45) is 0 Å². The van der Waals surface area contributed by atoms with Crippen molar-refractivity contribution in [2.75, 3.05) is 0 Å². The number of aryl methyl sites for hydroxylation is 1. The van der Waals surface area contributed by atoms with E-state index in [1.807, 2.05) is 19.1 Å². The largest absolute Gasteiger partial charge is 0.328 e. The third-order valence-electron chi connectivity index (χ3n) is 3.37. The van der Waals surface area contributed by atoms with Crippen molar-refractivity contribution in [3.05, 3.63) is 67.8 Å². The maximum absolute atomic E-state index is 11.9. The summed E-state index contributed by atoms with van der Waals surface area (Å²) >= 11 is 1.66. The zero-order valence-electron chi connectivity index (χ0n) is 11.1. The highest BCUT2D eigenvalue weighted by Gasteiger charge is 2.07. The van der Waals surface area contributed by atoms with Crippen LogP contribution in [0.4, 0.5) is 0 Å². The van der Waals surface area contributed by atoms with Crippen LogP contribution in [0.3, 0.4) is 0 Å². The SMILES string of the molecule is CCc1cn(Cc2csc3ccccc23)c(=O)[nH]c1=O. The van der Waals surface area contributed by atoms with Gasteiger partial charge in [0.25, 0.3) is 5.56 Å². The van der Waals surface area contributed by atoms with Crippen molar-refractivity contribution in [1.29, 1.82) is 0 Å². The van der Waals surface area contributed by atoms with E-state index in [-0.39, 0.29) is 11.2 Å². The van der Waals surface area contributed by atoms with Crippen molar-refractivity contribution < 1.29 is 0 Å². The van der Waals surface area contributed by atoms with E-state index < -0.39 is 0 Å². The molecule has 0 bridgehead atoms. The second kappa shape index (κ2) is 5.09. The number of benzene rings is 1. The normalized spacial score (nSPS) is 11.1. The van der Waals surface area contributed by atoms with E-state index in [1.165, 1.54) is 4.70 Å². The lowest BCUT2D eigenvalue weighted by Crippen LogP contribution is -2.31. The molecule has 4 nitrogen and oxygen atoms in total. The summed E-state index contributed by atoms with van der Waals surface area (Å²) < 4.78 is 2.77. The van der Waals surface area contributed by atoms with Crippen LogP contribution in [-0.4, -0.2) is 9.55 Å². The van der Waals surface area contributed by atoms with Gasteiger partial charge in [0.15, 0.2) is 0 Å². The Hall–Kier alpha value is -2.14. The summed E-state index contributed by atoms with van der Waals surface area (Å²) in [5.41, 5.74) is 1.08. The first-order valence-electron chi connectivity index (χ1n) is 6.47. The fourth-order valence-corrected chi connectivity index (χ4v) is 3.22. The molecule has 1 aromatic carbocycles. The van der Waals surface area contributed by atoms with E-state index in [0.717, 1.165) is 10.9 Å². The van der Waals surface area contributed by atoms with E-state index >= 15 is 0 Å². The van der Waals surface area contributed by atoms with Gasteiger partial charge in [-0.05, 0) is 28.8 Å². The second-order valence-corrected chi connectivity index (χ2v) is 5.56. The number of thiophene rings is 1. The molecule has 1 N–H and O–H groups in total. The molecule has 3 rings (SSSR count). The van der Waals surface area contributed by atoms with Gasteiger partial charge in [-0.3, -0.25) is 14.3 Å². The molecule has 0 saturated carbocycles. The van der Waals surface area contributed by atoms with Crippen molar-refractivity contribution in [3.8, 4) is 0 Å². The maximum Gasteiger partial charge on any atom is 0.328 e. The van der Waals surface area contributed by atoms with Crippen LogP contribution in [0.25, 0.3) is 10.1 Å². The molecule has 0 atom stereocenters. The Morgan fingerprint density at radius 2 is 2.00 bits per heavy atom. The maximum atomic E-state index is 11.9. The topological polar surface area (TPSA) is 54.9 Å². The smallest absolute Gasteiger partial charge is 0.296 e. The van der Waals surface area contributed by atoms with Gasteiger partial charge >= 0.3 is 5.69 Å². The Balaban J connectivity index is 2.07. The first-order chi connectivity index (χ1) is 9.69. The zero-order valence-corrected chi connectivity index (χ0v) is 11.9. The Bertz CT molecular complexity index is 873. The predicted molar refractivity (Wildman–Crippen MR) is 81.6 cm³/mol. The highest BCUT2D eigenvalue weighted by atomic mass is 32.1. The fraction of sp³-hybridized carbons (Fsp3) is 0.200. The summed E-state index contributed by atoms with van der Waals surface area (Å²) in [7, 11) is 0. The molecular weight excluding hydrogens is 272 g/mol. The number of nitrogens with one attached hydrogen (secondary N) is 1. The molecule has 0 radical (unpaired) electrons. The minimum Gasteiger partial charge on any atom is -0.296 e. The predicted octanol–water partition coefficient (Wildman–Crippen LogP) is 2.36. The monoisotopic (exact) mass is 286 g/mol. The lowest BCUT2D eigenvalue weighted by Gasteiger charge is -2.06. The summed E-state index contributed by atoms with van der Waals surface area (Å²) in [5.74, 6) is 0. The number of aromatic amines is 1. The van der Waals surface area contributed by atoms with Crippen LogP contribution in [0, 0.1) is 0 Å². The van der Waals surface area contributed by atoms with Crippen LogP contribution >= 0.6 is 11.3 Å². The Morgan fingerprint density at radius 3 is 2.80 bits per heavy atom. The first-order valence-corrected chi connectivity index (χ1v) is 7.34. The zero-order chi connectivity index (χ0) is 14.1. The van der Waals surface area contributed by atoms with Gasteiger partial charge in [-0.2, -0.15) is 0 Å². The lowest BCUT2D eigenvalue weighted by atomic mass is 10.2. The van der Waals surface area contributed by atoms with E-state index in [4.69, 9.17) is 0 Å².